The van der Waals surface area contributed by atoms with Crippen LogP contribution in [0.2, 0.25) is 0 Å². The maximum absolute atomic E-state index is 12.8. The third kappa shape index (κ3) is 7.68. The van der Waals surface area contributed by atoms with Gasteiger partial charge in [0.25, 0.3) is 10.0 Å². The van der Waals surface area contributed by atoms with E-state index >= 15 is 0 Å². The molecule has 0 bridgehead atoms. The smallest absolute Gasteiger partial charge is 0.255 e. The van der Waals surface area contributed by atoms with Crippen LogP contribution in [0.5, 0.6) is 28.7 Å². The van der Waals surface area contributed by atoms with E-state index in [9.17, 15) is 13.2 Å². The third-order valence-electron chi connectivity index (χ3n) is 5.47. The molecule has 0 saturated carbocycles. The van der Waals surface area contributed by atoms with E-state index in [0.29, 0.717) is 45.6 Å². The number of sulfonamides is 1. The number of benzene rings is 3. The number of nitrogens with one attached hydrogen (secondary N) is 2. The van der Waals surface area contributed by atoms with Crippen LogP contribution < -0.4 is 33.7 Å². The van der Waals surface area contributed by atoms with Gasteiger partial charge < -0.3 is 29.0 Å². The minimum atomic E-state index is -3.93. The van der Waals surface area contributed by atoms with Crippen molar-refractivity contribution in [3.05, 3.63) is 83.4 Å². The van der Waals surface area contributed by atoms with E-state index in [0.717, 1.165) is 5.41 Å². The number of anilines is 2. The SMILES string of the molecule is COc1ccc(C(=O)C=CNc2cc(NS(=O)(=O)C=Cc3c(OC)cc(OC)cc3OC)ccc2OC)cc1. The average Bonchev–Trinajstić information content (AvgIpc) is 2.95. The quantitative estimate of drug-likeness (QED) is 0.223. The lowest BCUT2D eigenvalue weighted by molar-refractivity contribution is 0.104. The minimum absolute atomic E-state index is 0.226. The van der Waals surface area contributed by atoms with Gasteiger partial charge in [0, 0.05) is 30.0 Å². The van der Waals surface area contributed by atoms with Crippen LogP contribution in [0.4, 0.5) is 11.4 Å². The Labute approximate surface area is 227 Å². The Morgan fingerprint density at radius 2 is 1.36 bits per heavy atom. The molecule has 0 aliphatic heterocycles. The summed E-state index contributed by atoms with van der Waals surface area (Å²) in [5.74, 6) is 2.13. The molecule has 0 spiro atoms. The molecule has 206 valence electrons. The molecule has 11 heteroatoms. The van der Waals surface area contributed by atoms with Crippen molar-refractivity contribution in [1.29, 1.82) is 0 Å². The van der Waals surface area contributed by atoms with Gasteiger partial charge in [0.15, 0.2) is 5.78 Å². The first-order valence-electron chi connectivity index (χ1n) is 11.5. The number of carbonyl (C=O) groups is 1. The first kappa shape index (κ1) is 28.9. The standard InChI is InChI=1S/C28H30N2O8S/c1-34-21-9-6-19(7-10-21)25(31)12-14-29-24-16-20(8-11-26(24)36-3)30-39(32,33)15-13-23-27(37-4)17-22(35-2)18-28(23)38-5/h6-18,29-30H,1-5H3. The maximum atomic E-state index is 12.8. The molecular formula is C28H30N2O8S. The lowest BCUT2D eigenvalue weighted by atomic mass is 10.1. The predicted molar refractivity (Wildman–Crippen MR) is 151 cm³/mol. The highest BCUT2D eigenvalue weighted by Gasteiger charge is 2.14. The molecule has 3 rings (SSSR count). The Kier molecular flexibility index (Phi) is 9.82. The molecule has 39 heavy (non-hydrogen) atoms. The van der Waals surface area contributed by atoms with Crippen LogP contribution in [0, 0.1) is 0 Å². The normalized spacial score (nSPS) is 11.3. The van der Waals surface area contributed by atoms with E-state index in [1.807, 2.05) is 0 Å². The molecule has 0 aromatic heterocycles. The number of hydrogen-bond donors (Lipinski definition) is 2. The van der Waals surface area contributed by atoms with Crippen LogP contribution in [0.15, 0.2) is 72.3 Å². The second-order valence-electron chi connectivity index (χ2n) is 7.88. The van der Waals surface area contributed by atoms with E-state index < -0.39 is 10.0 Å². The van der Waals surface area contributed by atoms with Gasteiger partial charge in [-0.2, -0.15) is 0 Å². The fourth-order valence-electron chi connectivity index (χ4n) is 3.50. The molecule has 0 radical (unpaired) electrons. The van der Waals surface area contributed by atoms with Gasteiger partial charge in [-0.25, -0.2) is 8.42 Å². The van der Waals surface area contributed by atoms with Crippen LogP contribution in [0.1, 0.15) is 15.9 Å². The topological polar surface area (TPSA) is 121 Å². The lowest BCUT2D eigenvalue weighted by Gasteiger charge is -2.13. The fraction of sp³-hybridized carbons (Fsp3) is 0.179. The van der Waals surface area contributed by atoms with E-state index in [1.54, 1.807) is 61.7 Å². The van der Waals surface area contributed by atoms with Gasteiger partial charge >= 0.3 is 0 Å². The molecule has 3 aromatic rings. The van der Waals surface area contributed by atoms with Crippen molar-refractivity contribution in [2.24, 2.45) is 0 Å². The number of rotatable bonds is 13. The Morgan fingerprint density at radius 3 is 1.92 bits per heavy atom. The van der Waals surface area contributed by atoms with Crippen molar-refractivity contribution >= 4 is 33.3 Å². The zero-order valence-electron chi connectivity index (χ0n) is 22.2. The first-order chi connectivity index (χ1) is 18.7. The van der Waals surface area contributed by atoms with E-state index in [-0.39, 0.29) is 11.5 Å². The Bertz CT molecular complexity index is 1440. The van der Waals surface area contributed by atoms with Gasteiger partial charge in [-0.15, -0.1) is 0 Å². The summed E-state index contributed by atoms with van der Waals surface area (Å²) in [6.45, 7) is 0. The summed E-state index contributed by atoms with van der Waals surface area (Å²) in [5, 5.41) is 3.97. The fourth-order valence-corrected chi connectivity index (χ4v) is 4.33. The van der Waals surface area contributed by atoms with E-state index in [2.05, 4.69) is 10.0 Å². The summed E-state index contributed by atoms with van der Waals surface area (Å²) in [5.41, 5.74) is 1.62. The van der Waals surface area contributed by atoms with Crippen molar-refractivity contribution in [1.82, 2.24) is 0 Å². The molecule has 0 atom stereocenters. The first-order valence-corrected chi connectivity index (χ1v) is 13.1. The highest BCUT2D eigenvalue weighted by molar-refractivity contribution is 7.95. The largest absolute Gasteiger partial charge is 0.497 e. The van der Waals surface area contributed by atoms with Crippen molar-refractivity contribution in [2.45, 2.75) is 0 Å². The third-order valence-corrected chi connectivity index (χ3v) is 6.49. The molecule has 0 amide bonds. The summed E-state index contributed by atoms with van der Waals surface area (Å²) < 4.78 is 54.6. The average molecular weight is 555 g/mol. The molecule has 0 saturated heterocycles. The molecular weight excluding hydrogens is 524 g/mol. The summed E-state index contributed by atoms with van der Waals surface area (Å²) in [7, 11) is 3.52. The molecule has 0 aliphatic carbocycles. The summed E-state index contributed by atoms with van der Waals surface area (Å²) in [4.78, 5) is 12.4. The second-order valence-corrected chi connectivity index (χ2v) is 9.45. The van der Waals surface area contributed by atoms with Crippen molar-refractivity contribution in [3.63, 3.8) is 0 Å². The Hall–Kier alpha value is -4.64. The number of ketones is 1. The number of hydrogen-bond acceptors (Lipinski definition) is 9. The molecule has 0 fully saturated rings. The number of ether oxygens (including phenoxy) is 5. The molecule has 10 nitrogen and oxygen atoms in total. The van der Waals surface area contributed by atoms with Crippen LogP contribution in [0.3, 0.4) is 0 Å². The molecule has 2 N–H and O–H groups in total. The maximum Gasteiger partial charge on any atom is 0.255 e. The van der Waals surface area contributed by atoms with Gasteiger partial charge in [0.2, 0.25) is 0 Å². The monoisotopic (exact) mass is 554 g/mol. The zero-order valence-corrected chi connectivity index (χ0v) is 23.0. The Morgan fingerprint density at radius 1 is 0.744 bits per heavy atom. The van der Waals surface area contributed by atoms with Crippen LogP contribution >= 0.6 is 0 Å². The minimum Gasteiger partial charge on any atom is -0.497 e. The van der Waals surface area contributed by atoms with Crippen molar-refractivity contribution < 1.29 is 36.9 Å². The van der Waals surface area contributed by atoms with Crippen molar-refractivity contribution in [3.8, 4) is 28.7 Å². The van der Waals surface area contributed by atoms with Gasteiger partial charge in [0.1, 0.15) is 28.7 Å². The molecule has 0 unspecified atom stereocenters. The number of carbonyl (C=O) groups excluding carboxylic acids is 1. The summed E-state index contributed by atoms with van der Waals surface area (Å²) in [6, 6.07) is 14.6. The van der Waals surface area contributed by atoms with E-state index in [1.165, 1.54) is 46.8 Å². The highest BCUT2D eigenvalue weighted by atomic mass is 32.2. The molecule has 0 heterocycles. The molecule has 0 aliphatic rings. The predicted octanol–water partition coefficient (Wildman–Crippen LogP) is 4.95. The van der Waals surface area contributed by atoms with E-state index in [4.69, 9.17) is 23.7 Å². The van der Waals surface area contributed by atoms with Gasteiger partial charge in [-0.05, 0) is 48.5 Å². The van der Waals surface area contributed by atoms with Gasteiger partial charge in [0.05, 0.1) is 57.9 Å². The van der Waals surface area contributed by atoms with Crippen LogP contribution in [0.25, 0.3) is 6.08 Å². The van der Waals surface area contributed by atoms with Crippen LogP contribution in [-0.2, 0) is 10.0 Å². The second kappa shape index (κ2) is 13.2. The lowest BCUT2D eigenvalue weighted by Crippen LogP contribution is -2.09. The van der Waals surface area contributed by atoms with Gasteiger partial charge in [-0.3, -0.25) is 9.52 Å². The van der Waals surface area contributed by atoms with Crippen molar-refractivity contribution in [2.75, 3.05) is 45.6 Å². The zero-order chi connectivity index (χ0) is 28.4. The summed E-state index contributed by atoms with van der Waals surface area (Å²) >= 11 is 0. The Balaban J connectivity index is 1.77. The van der Waals surface area contributed by atoms with Crippen LogP contribution in [-0.4, -0.2) is 49.8 Å². The number of methoxy groups -OCH3 is 5. The van der Waals surface area contributed by atoms with Gasteiger partial charge in [-0.1, -0.05) is 0 Å². The number of allylic oxidation sites excluding steroid dienone is 1. The molecule has 3 aromatic carbocycles. The highest BCUT2D eigenvalue weighted by Crippen LogP contribution is 2.35. The summed E-state index contributed by atoms with van der Waals surface area (Å²) in [6.07, 6.45) is 4.18.